The van der Waals surface area contributed by atoms with Gasteiger partial charge in [0.25, 0.3) is 0 Å². The minimum Gasteiger partial charge on any atom is -0.330 e. The summed E-state index contributed by atoms with van der Waals surface area (Å²) in [5.74, 6) is 2.64. The van der Waals surface area contributed by atoms with E-state index in [2.05, 4.69) is 18.9 Å². The molecular formula is C14H28N2. The molecule has 2 aliphatic carbocycles. The van der Waals surface area contributed by atoms with Crippen LogP contribution in [-0.4, -0.2) is 31.1 Å². The maximum Gasteiger partial charge on any atom is 0.0135 e. The van der Waals surface area contributed by atoms with Gasteiger partial charge in [-0.2, -0.15) is 0 Å². The maximum atomic E-state index is 5.93. The highest BCUT2D eigenvalue weighted by molar-refractivity contribution is 4.86. The minimum atomic E-state index is 0.751. The third-order valence-electron chi connectivity index (χ3n) is 4.86. The van der Waals surface area contributed by atoms with E-state index < -0.39 is 0 Å². The topological polar surface area (TPSA) is 29.3 Å². The molecular weight excluding hydrogens is 196 g/mol. The van der Waals surface area contributed by atoms with Crippen molar-refractivity contribution in [1.82, 2.24) is 4.90 Å². The molecule has 0 aromatic carbocycles. The normalized spacial score (nSPS) is 36.4. The van der Waals surface area contributed by atoms with Gasteiger partial charge in [0.2, 0.25) is 0 Å². The van der Waals surface area contributed by atoms with E-state index in [9.17, 15) is 0 Å². The van der Waals surface area contributed by atoms with Gasteiger partial charge >= 0.3 is 0 Å². The molecule has 0 aliphatic heterocycles. The Labute approximate surface area is 101 Å². The average molecular weight is 224 g/mol. The van der Waals surface area contributed by atoms with E-state index in [0.29, 0.717) is 0 Å². The predicted molar refractivity (Wildman–Crippen MR) is 69.3 cm³/mol. The second kappa shape index (κ2) is 5.50. The molecule has 0 aromatic rings. The van der Waals surface area contributed by atoms with Crippen LogP contribution in [0.2, 0.25) is 0 Å². The van der Waals surface area contributed by atoms with Gasteiger partial charge in [-0.1, -0.05) is 19.8 Å². The Bertz CT molecular complexity index is 213. The molecule has 0 bridgehead atoms. The molecule has 2 N–H and O–H groups in total. The van der Waals surface area contributed by atoms with Crippen LogP contribution in [0.25, 0.3) is 0 Å². The summed E-state index contributed by atoms with van der Waals surface area (Å²) in [5, 5.41) is 0. The summed E-state index contributed by atoms with van der Waals surface area (Å²) in [5.41, 5.74) is 5.93. The van der Waals surface area contributed by atoms with Crippen molar-refractivity contribution in [2.75, 3.05) is 20.1 Å². The number of hydrogen-bond acceptors (Lipinski definition) is 2. The number of nitrogens with zero attached hydrogens (tertiary/aromatic N) is 1. The van der Waals surface area contributed by atoms with Crippen molar-refractivity contribution >= 4 is 0 Å². The van der Waals surface area contributed by atoms with Crippen molar-refractivity contribution in [2.45, 2.75) is 51.5 Å². The second-order valence-electron chi connectivity index (χ2n) is 6.22. The lowest BCUT2D eigenvalue weighted by atomic mass is 9.77. The van der Waals surface area contributed by atoms with Crippen LogP contribution in [0.5, 0.6) is 0 Å². The Kier molecular flexibility index (Phi) is 4.26. The van der Waals surface area contributed by atoms with E-state index in [4.69, 9.17) is 5.73 Å². The van der Waals surface area contributed by atoms with Gasteiger partial charge in [0.1, 0.15) is 0 Å². The standard InChI is InChI=1S/C14H28N2/c1-11-6-7-13(9-15)14(8-11)16(2)10-12-4-3-5-12/h11-14H,3-10,15H2,1-2H3. The monoisotopic (exact) mass is 224 g/mol. The summed E-state index contributed by atoms with van der Waals surface area (Å²) >= 11 is 0. The Balaban J connectivity index is 1.87. The van der Waals surface area contributed by atoms with Crippen molar-refractivity contribution in [2.24, 2.45) is 23.5 Å². The highest BCUT2D eigenvalue weighted by atomic mass is 15.1. The quantitative estimate of drug-likeness (QED) is 0.795. The van der Waals surface area contributed by atoms with Crippen molar-refractivity contribution in [1.29, 1.82) is 0 Å². The summed E-state index contributed by atoms with van der Waals surface area (Å²) in [7, 11) is 2.32. The summed E-state index contributed by atoms with van der Waals surface area (Å²) in [6.45, 7) is 4.59. The van der Waals surface area contributed by atoms with Gasteiger partial charge in [-0.3, -0.25) is 0 Å². The van der Waals surface area contributed by atoms with Crippen molar-refractivity contribution in [3.63, 3.8) is 0 Å². The van der Waals surface area contributed by atoms with Gasteiger partial charge in [-0.25, -0.2) is 0 Å². The smallest absolute Gasteiger partial charge is 0.0135 e. The van der Waals surface area contributed by atoms with Crippen LogP contribution in [0.15, 0.2) is 0 Å². The first kappa shape index (κ1) is 12.4. The van der Waals surface area contributed by atoms with Crippen LogP contribution in [0, 0.1) is 17.8 Å². The molecule has 16 heavy (non-hydrogen) atoms. The lowest BCUT2D eigenvalue weighted by Crippen LogP contribution is -2.47. The minimum absolute atomic E-state index is 0.751. The molecule has 2 aliphatic rings. The molecule has 0 radical (unpaired) electrons. The summed E-state index contributed by atoms with van der Waals surface area (Å²) < 4.78 is 0. The lowest BCUT2D eigenvalue weighted by molar-refractivity contribution is 0.0799. The highest BCUT2D eigenvalue weighted by Gasteiger charge is 2.32. The van der Waals surface area contributed by atoms with Gasteiger partial charge in [-0.05, 0) is 57.0 Å². The first-order chi connectivity index (χ1) is 7.70. The van der Waals surface area contributed by atoms with Crippen molar-refractivity contribution in [3.05, 3.63) is 0 Å². The molecule has 0 aromatic heterocycles. The fourth-order valence-electron chi connectivity index (χ4n) is 3.45. The van der Waals surface area contributed by atoms with Gasteiger partial charge in [0.15, 0.2) is 0 Å². The van der Waals surface area contributed by atoms with Crippen molar-refractivity contribution in [3.8, 4) is 0 Å². The molecule has 94 valence electrons. The third kappa shape index (κ3) is 2.78. The number of hydrogen-bond donors (Lipinski definition) is 1. The predicted octanol–water partition coefficient (Wildman–Crippen LogP) is 2.48. The molecule has 3 atom stereocenters. The Morgan fingerprint density at radius 2 is 1.94 bits per heavy atom. The van der Waals surface area contributed by atoms with Crippen LogP contribution in [-0.2, 0) is 0 Å². The molecule has 2 heteroatoms. The van der Waals surface area contributed by atoms with E-state index in [1.807, 2.05) is 0 Å². The second-order valence-corrected chi connectivity index (χ2v) is 6.22. The van der Waals surface area contributed by atoms with Crippen molar-refractivity contribution < 1.29 is 0 Å². The highest BCUT2D eigenvalue weighted by Crippen LogP contribution is 2.33. The Morgan fingerprint density at radius 1 is 1.19 bits per heavy atom. The molecule has 2 rings (SSSR count). The van der Waals surface area contributed by atoms with E-state index in [0.717, 1.165) is 30.3 Å². The molecule has 0 heterocycles. The average Bonchev–Trinajstić information content (AvgIpc) is 2.23. The van der Waals surface area contributed by atoms with Crippen LogP contribution in [0.4, 0.5) is 0 Å². The lowest BCUT2D eigenvalue weighted by Gasteiger charge is -2.42. The van der Waals surface area contributed by atoms with Gasteiger partial charge in [0.05, 0.1) is 0 Å². The molecule has 2 nitrogen and oxygen atoms in total. The molecule has 2 fully saturated rings. The van der Waals surface area contributed by atoms with Gasteiger partial charge in [-0.15, -0.1) is 0 Å². The summed E-state index contributed by atoms with van der Waals surface area (Å²) in [6, 6.07) is 0.759. The zero-order chi connectivity index (χ0) is 11.5. The first-order valence-corrected chi connectivity index (χ1v) is 7.11. The first-order valence-electron chi connectivity index (χ1n) is 7.11. The number of rotatable bonds is 4. The van der Waals surface area contributed by atoms with E-state index in [1.165, 1.54) is 45.1 Å². The van der Waals surface area contributed by atoms with Crippen LogP contribution < -0.4 is 5.73 Å². The molecule has 2 saturated carbocycles. The van der Waals surface area contributed by atoms with E-state index >= 15 is 0 Å². The maximum absolute atomic E-state index is 5.93. The SMILES string of the molecule is CC1CCC(CN)C(N(C)CC2CCC2)C1. The van der Waals surface area contributed by atoms with Crippen LogP contribution in [0.1, 0.15) is 45.4 Å². The third-order valence-corrected chi connectivity index (χ3v) is 4.86. The van der Waals surface area contributed by atoms with Crippen LogP contribution in [0.3, 0.4) is 0 Å². The van der Waals surface area contributed by atoms with Crippen LogP contribution >= 0.6 is 0 Å². The Morgan fingerprint density at radius 3 is 2.50 bits per heavy atom. The zero-order valence-corrected chi connectivity index (χ0v) is 11.0. The Hall–Kier alpha value is -0.0800. The zero-order valence-electron chi connectivity index (χ0n) is 11.0. The largest absolute Gasteiger partial charge is 0.330 e. The van der Waals surface area contributed by atoms with Gasteiger partial charge in [0, 0.05) is 12.6 Å². The number of nitrogens with two attached hydrogens (primary N) is 1. The fourth-order valence-corrected chi connectivity index (χ4v) is 3.45. The molecule has 0 saturated heterocycles. The van der Waals surface area contributed by atoms with Gasteiger partial charge < -0.3 is 10.6 Å². The molecule has 3 unspecified atom stereocenters. The molecule has 0 spiro atoms. The molecule has 0 amide bonds. The van der Waals surface area contributed by atoms with E-state index in [1.54, 1.807) is 0 Å². The fraction of sp³-hybridized carbons (Fsp3) is 1.00. The summed E-state index contributed by atoms with van der Waals surface area (Å²) in [4.78, 5) is 2.62. The van der Waals surface area contributed by atoms with E-state index in [-0.39, 0.29) is 0 Å². The summed E-state index contributed by atoms with van der Waals surface area (Å²) in [6.07, 6.45) is 8.47.